The molecule has 26 heavy (non-hydrogen) atoms. The van der Waals surface area contributed by atoms with Gasteiger partial charge in [-0.2, -0.15) is 4.98 Å². The van der Waals surface area contributed by atoms with Gasteiger partial charge in [-0.25, -0.2) is 4.98 Å². The van der Waals surface area contributed by atoms with Gasteiger partial charge in [-0.3, -0.25) is 0 Å². The van der Waals surface area contributed by atoms with Gasteiger partial charge in [0.1, 0.15) is 17.3 Å². The third-order valence-corrected chi connectivity index (χ3v) is 3.90. The van der Waals surface area contributed by atoms with Crippen molar-refractivity contribution in [3.05, 3.63) is 59.2 Å². The molecule has 1 heterocycles. The summed E-state index contributed by atoms with van der Waals surface area (Å²) in [5.74, 6) is 2.52. The topological polar surface area (TPSA) is 68.3 Å². The lowest BCUT2D eigenvalue weighted by Crippen LogP contribution is -2.02. The summed E-state index contributed by atoms with van der Waals surface area (Å²) >= 11 is 6.17. The average molecular weight is 371 g/mol. The Bertz CT molecular complexity index is 918. The smallest absolute Gasteiger partial charge is 0.229 e. The Morgan fingerprint density at radius 3 is 2.42 bits per heavy atom. The third-order valence-electron chi connectivity index (χ3n) is 3.60. The number of methoxy groups -OCH3 is 2. The van der Waals surface area contributed by atoms with E-state index < -0.39 is 0 Å². The van der Waals surface area contributed by atoms with E-state index >= 15 is 0 Å². The van der Waals surface area contributed by atoms with E-state index in [-0.39, 0.29) is 0 Å². The number of ether oxygens (including phenoxy) is 2. The first-order chi connectivity index (χ1) is 12.6. The fourth-order valence-electron chi connectivity index (χ4n) is 2.41. The van der Waals surface area contributed by atoms with Crippen LogP contribution in [-0.2, 0) is 0 Å². The van der Waals surface area contributed by atoms with Crippen molar-refractivity contribution in [2.45, 2.75) is 6.92 Å². The molecule has 0 fully saturated rings. The molecule has 2 aromatic carbocycles. The van der Waals surface area contributed by atoms with Gasteiger partial charge < -0.3 is 20.1 Å². The highest BCUT2D eigenvalue weighted by molar-refractivity contribution is 6.32. The number of aromatic nitrogens is 2. The molecule has 134 valence electrons. The molecule has 6 nitrogen and oxygen atoms in total. The molecule has 0 saturated heterocycles. The van der Waals surface area contributed by atoms with Crippen molar-refractivity contribution < 1.29 is 9.47 Å². The minimum absolute atomic E-state index is 0.486. The zero-order valence-electron chi connectivity index (χ0n) is 14.7. The largest absolute Gasteiger partial charge is 0.497 e. The molecule has 0 aliphatic rings. The van der Waals surface area contributed by atoms with Gasteiger partial charge in [0, 0.05) is 29.2 Å². The summed E-state index contributed by atoms with van der Waals surface area (Å²) in [5, 5.41) is 6.94. The Balaban J connectivity index is 1.82. The number of anilines is 4. The summed E-state index contributed by atoms with van der Waals surface area (Å²) in [6.07, 6.45) is 0. The minimum Gasteiger partial charge on any atom is -0.497 e. The quantitative estimate of drug-likeness (QED) is 0.640. The van der Waals surface area contributed by atoms with Crippen molar-refractivity contribution >= 4 is 34.7 Å². The van der Waals surface area contributed by atoms with Gasteiger partial charge in [0.25, 0.3) is 0 Å². The van der Waals surface area contributed by atoms with Gasteiger partial charge in [0.2, 0.25) is 5.95 Å². The molecule has 1 aromatic heterocycles. The maximum Gasteiger partial charge on any atom is 0.229 e. The third kappa shape index (κ3) is 4.34. The fraction of sp³-hybridized carbons (Fsp3) is 0.158. The molecule has 0 amide bonds. The normalized spacial score (nSPS) is 10.3. The zero-order valence-corrected chi connectivity index (χ0v) is 15.5. The van der Waals surface area contributed by atoms with E-state index in [1.54, 1.807) is 26.4 Å². The van der Waals surface area contributed by atoms with Crippen molar-refractivity contribution in [1.29, 1.82) is 0 Å². The zero-order chi connectivity index (χ0) is 18.5. The summed E-state index contributed by atoms with van der Waals surface area (Å²) in [5.41, 5.74) is 2.47. The second kappa shape index (κ2) is 7.93. The molecule has 2 N–H and O–H groups in total. The molecule has 0 unspecified atom stereocenters. The van der Waals surface area contributed by atoms with E-state index in [2.05, 4.69) is 20.6 Å². The van der Waals surface area contributed by atoms with Gasteiger partial charge in [-0.1, -0.05) is 17.7 Å². The minimum atomic E-state index is 0.486. The predicted molar refractivity (Wildman–Crippen MR) is 104 cm³/mol. The SMILES string of the molecule is COc1cccc(Nc2nc(C)cc(Nc3ccc(OC)c(Cl)c3)n2)c1. The predicted octanol–water partition coefficient (Wildman–Crippen LogP) is 4.94. The number of nitrogens with zero attached hydrogens (tertiary/aromatic N) is 2. The number of hydrogen-bond donors (Lipinski definition) is 2. The van der Waals surface area contributed by atoms with Gasteiger partial charge in [0.15, 0.2) is 0 Å². The van der Waals surface area contributed by atoms with Crippen LogP contribution in [0.4, 0.5) is 23.1 Å². The summed E-state index contributed by atoms with van der Waals surface area (Å²) in [7, 11) is 3.21. The van der Waals surface area contributed by atoms with Crippen molar-refractivity contribution in [3.8, 4) is 11.5 Å². The van der Waals surface area contributed by atoms with Gasteiger partial charge in [-0.15, -0.1) is 0 Å². The Kier molecular flexibility index (Phi) is 5.43. The lowest BCUT2D eigenvalue weighted by Gasteiger charge is -2.11. The second-order valence-electron chi connectivity index (χ2n) is 5.55. The Labute approximate surface area is 157 Å². The highest BCUT2D eigenvalue weighted by atomic mass is 35.5. The Morgan fingerprint density at radius 2 is 1.69 bits per heavy atom. The molecule has 0 saturated carbocycles. The number of rotatable bonds is 6. The molecule has 0 bridgehead atoms. The number of nitrogens with one attached hydrogen (secondary N) is 2. The number of aryl methyl sites for hydroxylation is 1. The van der Waals surface area contributed by atoms with Crippen LogP contribution in [0.2, 0.25) is 5.02 Å². The van der Waals surface area contributed by atoms with E-state index in [1.165, 1.54) is 0 Å². The van der Waals surface area contributed by atoms with Crippen LogP contribution in [0.15, 0.2) is 48.5 Å². The van der Waals surface area contributed by atoms with Crippen LogP contribution in [0.25, 0.3) is 0 Å². The molecule has 0 aliphatic carbocycles. The summed E-state index contributed by atoms with van der Waals surface area (Å²) in [6, 6.07) is 14.9. The standard InChI is InChI=1S/C19H19ClN4O2/c1-12-9-18(22-14-7-8-17(26-3)16(20)11-14)24-19(21-12)23-13-5-4-6-15(10-13)25-2/h4-11H,1-3H3,(H2,21,22,23,24). The molecule has 0 aliphatic heterocycles. The van der Waals surface area contributed by atoms with E-state index in [1.807, 2.05) is 43.3 Å². The van der Waals surface area contributed by atoms with Crippen molar-refractivity contribution in [2.75, 3.05) is 24.9 Å². The number of halogens is 1. The van der Waals surface area contributed by atoms with Crippen LogP contribution in [0, 0.1) is 6.92 Å². The first kappa shape index (κ1) is 17.8. The lowest BCUT2D eigenvalue weighted by atomic mass is 10.3. The monoisotopic (exact) mass is 370 g/mol. The van der Waals surface area contributed by atoms with Crippen molar-refractivity contribution in [2.24, 2.45) is 0 Å². The van der Waals surface area contributed by atoms with Crippen LogP contribution in [0.1, 0.15) is 5.69 Å². The van der Waals surface area contributed by atoms with Gasteiger partial charge >= 0.3 is 0 Å². The van der Waals surface area contributed by atoms with Gasteiger partial charge in [-0.05, 0) is 37.3 Å². The highest BCUT2D eigenvalue weighted by Gasteiger charge is 2.06. The maximum absolute atomic E-state index is 6.17. The van der Waals surface area contributed by atoms with Crippen LogP contribution in [0.3, 0.4) is 0 Å². The molecule has 0 radical (unpaired) electrons. The molecule has 3 rings (SSSR count). The van der Waals surface area contributed by atoms with Crippen molar-refractivity contribution in [3.63, 3.8) is 0 Å². The van der Waals surface area contributed by atoms with E-state index in [9.17, 15) is 0 Å². The van der Waals surface area contributed by atoms with E-state index in [4.69, 9.17) is 21.1 Å². The first-order valence-corrected chi connectivity index (χ1v) is 8.32. The molecule has 0 atom stereocenters. The van der Waals surface area contributed by atoms with Gasteiger partial charge in [0.05, 0.1) is 19.2 Å². The molecular formula is C19H19ClN4O2. The van der Waals surface area contributed by atoms with Crippen LogP contribution < -0.4 is 20.1 Å². The molecule has 3 aromatic rings. The molecule has 0 spiro atoms. The summed E-state index contributed by atoms with van der Waals surface area (Å²) in [6.45, 7) is 1.91. The highest BCUT2D eigenvalue weighted by Crippen LogP contribution is 2.29. The lowest BCUT2D eigenvalue weighted by molar-refractivity contribution is 0.415. The first-order valence-electron chi connectivity index (χ1n) is 7.94. The van der Waals surface area contributed by atoms with E-state index in [0.717, 1.165) is 22.8 Å². The van der Waals surface area contributed by atoms with E-state index in [0.29, 0.717) is 22.5 Å². The summed E-state index contributed by atoms with van der Waals surface area (Å²) < 4.78 is 10.4. The maximum atomic E-state index is 6.17. The molecular weight excluding hydrogens is 352 g/mol. The second-order valence-corrected chi connectivity index (χ2v) is 5.96. The van der Waals surface area contributed by atoms with Crippen LogP contribution in [-0.4, -0.2) is 24.2 Å². The average Bonchev–Trinajstić information content (AvgIpc) is 2.61. The Hall–Kier alpha value is -2.99. The fourth-order valence-corrected chi connectivity index (χ4v) is 2.67. The Morgan fingerprint density at radius 1 is 0.885 bits per heavy atom. The van der Waals surface area contributed by atoms with Crippen LogP contribution >= 0.6 is 11.6 Å². The summed E-state index contributed by atoms with van der Waals surface area (Å²) in [4.78, 5) is 8.93. The van der Waals surface area contributed by atoms with Crippen molar-refractivity contribution in [1.82, 2.24) is 9.97 Å². The number of hydrogen-bond acceptors (Lipinski definition) is 6. The van der Waals surface area contributed by atoms with Crippen LogP contribution in [0.5, 0.6) is 11.5 Å². The number of benzene rings is 2. The molecule has 7 heteroatoms.